The summed E-state index contributed by atoms with van der Waals surface area (Å²) in [5.41, 5.74) is 0.714. The summed E-state index contributed by atoms with van der Waals surface area (Å²) in [7, 11) is 0. The summed E-state index contributed by atoms with van der Waals surface area (Å²) < 4.78 is 4.98. The number of hydrogen-bond donors (Lipinski definition) is 1. The van der Waals surface area contributed by atoms with Crippen molar-refractivity contribution < 1.29 is 14.4 Å². The maximum atomic E-state index is 12.1. The molecule has 6 heteroatoms. The standard InChI is InChI=1S/C12H19N3O3/c1-9-7-11(18-13-9)12(17)15-5-3-14(4-6-15)8-10(2)16/h7,10,16H,3-6,8H2,1-2H3. The quantitative estimate of drug-likeness (QED) is 0.828. The number of aromatic nitrogens is 1. The molecule has 0 bridgehead atoms. The van der Waals surface area contributed by atoms with Crippen LogP contribution in [-0.4, -0.2) is 64.8 Å². The zero-order valence-electron chi connectivity index (χ0n) is 10.8. The van der Waals surface area contributed by atoms with Gasteiger partial charge in [0.05, 0.1) is 11.8 Å². The van der Waals surface area contributed by atoms with E-state index in [-0.39, 0.29) is 12.0 Å². The Hall–Kier alpha value is -1.40. The lowest BCUT2D eigenvalue weighted by molar-refractivity contribution is 0.0520. The number of carbonyl (C=O) groups excluding carboxylic acids is 1. The van der Waals surface area contributed by atoms with Crippen molar-refractivity contribution >= 4 is 5.91 Å². The van der Waals surface area contributed by atoms with Gasteiger partial charge in [-0.15, -0.1) is 0 Å². The van der Waals surface area contributed by atoms with Crippen LogP contribution in [0.1, 0.15) is 23.2 Å². The maximum Gasteiger partial charge on any atom is 0.292 e. The molecule has 100 valence electrons. The molecule has 0 radical (unpaired) electrons. The molecule has 1 N–H and O–H groups in total. The molecule has 0 spiro atoms. The van der Waals surface area contributed by atoms with Gasteiger partial charge in [0.2, 0.25) is 5.76 Å². The van der Waals surface area contributed by atoms with Crippen molar-refractivity contribution in [1.82, 2.24) is 15.0 Å². The van der Waals surface area contributed by atoms with Crippen LogP contribution in [0.15, 0.2) is 10.6 Å². The Labute approximate surface area is 106 Å². The molecule has 2 rings (SSSR count). The van der Waals surface area contributed by atoms with Gasteiger partial charge in [0, 0.05) is 38.8 Å². The molecule has 2 heterocycles. The molecule has 1 aliphatic heterocycles. The highest BCUT2D eigenvalue weighted by atomic mass is 16.5. The third-order valence-corrected chi connectivity index (χ3v) is 3.02. The van der Waals surface area contributed by atoms with Gasteiger partial charge in [-0.2, -0.15) is 0 Å². The number of β-amino-alcohol motifs (C(OH)–C–C–N with tert-alkyl or cyclic N) is 1. The van der Waals surface area contributed by atoms with E-state index >= 15 is 0 Å². The summed E-state index contributed by atoms with van der Waals surface area (Å²) in [5, 5.41) is 13.0. The van der Waals surface area contributed by atoms with Crippen LogP contribution in [0.4, 0.5) is 0 Å². The Bertz CT molecular complexity index is 408. The van der Waals surface area contributed by atoms with E-state index in [2.05, 4.69) is 10.1 Å². The average molecular weight is 253 g/mol. The fourth-order valence-electron chi connectivity index (χ4n) is 2.13. The van der Waals surface area contributed by atoms with E-state index < -0.39 is 0 Å². The first-order valence-electron chi connectivity index (χ1n) is 6.19. The summed E-state index contributed by atoms with van der Waals surface area (Å²) >= 11 is 0. The molecule has 18 heavy (non-hydrogen) atoms. The highest BCUT2D eigenvalue weighted by Gasteiger charge is 2.24. The third-order valence-electron chi connectivity index (χ3n) is 3.02. The van der Waals surface area contributed by atoms with Gasteiger partial charge < -0.3 is 14.5 Å². The van der Waals surface area contributed by atoms with Gasteiger partial charge in [-0.25, -0.2) is 0 Å². The summed E-state index contributed by atoms with van der Waals surface area (Å²) in [6.45, 7) is 7.10. The van der Waals surface area contributed by atoms with E-state index in [1.165, 1.54) is 0 Å². The third kappa shape index (κ3) is 3.08. The normalized spacial score (nSPS) is 18.9. The Morgan fingerprint density at radius 2 is 2.17 bits per heavy atom. The van der Waals surface area contributed by atoms with E-state index in [0.717, 1.165) is 13.1 Å². The first kappa shape index (κ1) is 13.0. The highest BCUT2D eigenvalue weighted by Crippen LogP contribution is 2.10. The first-order valence-corrected chi connectivity index (χ1v) is 6.19. The van der Waals surface area contributed by atoms with Crippen molar-refractivity contribution in [2.24, 2.45) is 0 Å². The summed E-state index contributed by atoms with van der Waals surface area (Å²) in [5.74, 6) is 0.198. The molecule has 0 saturated carbocycles. The Balaban J connectivity index is 1.88. The molecule has 1 aromatic rings. The van der Waals surface area contributed by atoms with Crippen molar-refractivity contribution in [1.29, 1.82) is 0 Å². The number of nitrogens with zero attached hydrogens (tertiary/aromatic N) is 3. The number of amides is 1. The minimum Gasteiger partial charge on any atom is -0.392 e. The second-order valence-corrected chi connectivity index (χ2v) is 4.77. The number of hydrogen-bond acceptors (Lipinski definition) is 5. The SMILES string of the molecule is Cc1cc(C(=O)N2CCN(CC(C)O)CC2)on1. The zero-order chi connectivity index (χ0) is 13.1. The molecule has 0 aliphatic carbocycles. The number of rotatable bonds is 3. The lowest BCUT2D eigenvalue weighted by atomic mass is 10.2. The lowest BCUT2D eigenvalue weighted by Crippen LogP contribution is -2.50. The van der Waals surface area contributed by atoms with Gasteiger partial charge in [-0.1, -0.05) is 5.16 Å². The predicted octanol–water partition coefficient (Wildman–Crippen LogP) is 0.122. The second kappa shape index (κ2) is 5.49. The molecule has 0 aromatic carbocycles. The monoisotopic (exact) mass is 253 g/mol. The van der Waals surface area contributed by atoms with Gasteiger partial charge in [0.25, 0.3) is 5.91 Å². The summed E-state index contributed by atoms with van der Waals surface area (Å²) in [6, 6.07) is 1.66. The van der Waals surface area contributed by atoms with Crippen LogP contribution in [0, 0.1) is 6.92 Å². The number of aryl methyl sites for hydroxylation is 1. The van der Waals surface area contributed by atoms with Crippen LogP contribution in [0.25, 0.3) is 0 Å². The summed E-state index contributed by atoms with van der Waals surface area (Å²) in [4.78, 5) is 16.0. The molecule has 1 aromatic heterocycles. The molecule has 6 nitrogen and oxygen atoms in total. The molecular formula is C12H19N3O3. The highest BCUT2D eigenvalue weighted by molar-refractivity contribution is 5.91. The summed E-state index contributed by atoms with van der Waals surface area (Å²) in [6.07, 6.45) is -0.329. The number of aliphatic hydroxyl groups is 1. The Morgan fingerprint density at radius 3 is 2.67 bits per heavy atom. The van der Waals surface area contributed by atoms with E-state index in [1.54, 1.807) is 24.8 Å². The number of piperazine rings is 1. The molecule has 1 saturated heterocycles. The predicted molar refractivity (Wildman–Crippen MR) is 65.3 cm³/mol. The Morgan fingerprint density at radius 1 is 1.50 bits per heavy atom. The number of carbonyl (C=O) groups is 1. The molecule has 1 atom stereocenters. The van der Waals surface area contributed by atoms with Crippen LogP contribution in [-0.2, 0) is 0 Å². The fourth-order valence-corrected chi connectivity index (χ4v) is 2.13. The molecule has 1 amide bonds. The van der Waals surface area contributed by atoms with Gasteiger partial charge in [-0.3, -0.25) is 9.69 Å². The minimum absolute atomic E-state index is 0.104. The van der Waals surface area contributed by atoms with Crippen molar-refractivity contribution in [2.45, 2.75) is 20.0 Å². The van der Waals surface area contributed by atoms with Crippen molar-refractivity contribution in [3.8, 4) is 0 Å². The van der Waals surface area contributed by atoms with Crippen LogP contribution in [0.2, 0.25) is 0 Å². The second-order valence-electron chi connectivity index (χ2n) is 4.77. The van der Waals surface area contributed by atoms with E-state index in [4.69, 9.17) is 4.52 Å². The zero-order valence-corrected chi connectivity index (χ0v) is 10.8. The van der Waals surface area contributed by atoms with Gasteiger partial charge in [0.1, 0.15) is 0 Å². The lowest BCUT2D eigenvalue weighted by Gasteiger charge is -2.34. The van der Waals surface area contributed by atoms with Crippen molar-refractivity contribution in [3.63, 3.8) is 0 Å². The van der Waals surface area contributed by atoms with Gasteiger partial charge >= 0.3 is 0 Å². The maximum absolute atomic E-state index is 12.1. The molecule has 1 unspecified atom stereocenters. The smallest absolute Gasteiger partial charge is 0.292 e. The minimum atomic E-state index is -0.329. The first-order chi connectivity index (χ1) is 8.56. The van der Waals surface area contributed by atoms with Crippen LogP contribution < -0.4 is 0 Å². The van der Waals surface area contributed by atoms with Crippen molar-refractivity contribution in [3.05, 3.63) is 17.5 Å². The van der Waals surface area contributed by atoms with Crippen molar-refractivity contribution in [2.75, 3.05) is 32.7 Å². The fraction of sp³-hybridized carbons (Fsp3) is 0.667. The van der Waals surface area contributed by atoms with Crippen LogP contribution >= 0.6 is 0 Å². The van der Waals surface area contributed by atoms with E-state index in [1.807, 2.05) is 0 Å². The van der Waals surface area contributed by atoms with Gasteiger partial charge in [-0.05, 0) is 13.8 Å². The molecular weight excluding hydrogens is 234 g/mol. The van der Waals surface area contributed by atoms with Crippen LogP contribution in [0.3, 0.4) is 0 Å². The van der Waals surface area contributed by atoms with Crippen LogP contribution in [0.5, 0.6) is 0 Å². The van der Waals surface area contributed by atoms with E-state index in [0.29, 0.717) is 31.1 Å². The number of aliphatic hydroxyl groups excluding tert-OH is 1. The average Bonchev–Trinajstić information content (AvgIpc) is 2.75. The topological polar surface area (TPSA) is 69.8 Å². The largest absolute Gasteiger partial charge is 0.392 e. The molecule has 1 fully saturated rings. The van der Waals surface area contributed by atoms with Gasteiger partial charge in [0.15, 0.2) is 0 Å². The molecule has 1 aliphatic rings. The Kier molecular flexibility index (Phi) is 3.98. The van der Waals surface area contributed by atoms with E-state index in [9.17, 15) is 9.90 Å².